The van der Waals surface area contributed by atoms with Gasteiger partial charge in [-0.1, -0.05) is 13.8 Å². The lowest BCUT2D eigenvalue weighted by Crippen LogP contribution is -2.48. The lowest BCUT2D eigenvalue weighted by molar-refractivity contribution is -0.126. The number of hydrogen-bond acceptors (Lipinski definition) is 6. The summed E-state index contributed by atoms with van der Waals surface area (Å²) < 4.78 is 0. The van der Waals surface area contributed by atoms with Crippen LogP contribution in [-0.2, 0) is 9.59 Å². The van der Waals surface area contributed by atoms with Gasteiger partial charge in [0.2, 0.25) is 5.91 Å². The van der Waals surface area contributed by atoms with Crippen LogP contribution in [0.1, 0.15) is 26.7 Å². The van der Waals surface area contributed by atoms with Gasteiger partial charge in [0.1, 0.15) is 18.5 Å². The van der Waals surface area contributed by atoms with Crippen molar-refractivity contribution in [3.05, 3.63) is 0 Å². The molecule has 0 rings (SSSR count). The predicted octanol–water partition coefficient (Wildman–Crippen LogP) is -1.82. The van der Waals surface area contributed by atoms with E-state index >= 15 is 0 Å². The highest BCUT2D eigenvalue weighted by Crippen LogP contribution is 2.07. The Balaban J connectivity index is 4.12. The van der Waals surface area contributed by atoms with Crippen LogP contribution in [0.5, 0.6) is 0 Å². The van der Waals surface area contributed by atoms with Gasteiger partial charge in [-0.05, 0) is 6.42 Å². The van der Waals surface area contributed by atoms with Crippen LogP contribution in [-0.4, -0.2) is 63.6 Å². The first-order chi connectivity index (χ1) is 8.83. The minimum absolute atomic E-state index is 0.00749. The third kappa shape index (κ3) is 6.63. The fraction of sp³-hybridized carbons (Fsp3) is 0.833. The molecule has 0 aromatic heterocycles. The van der Waals surface area contributed by atoms with Crippen LogP contribution in [0, 0.1) is 5.92 Å². The summed E-state index contributed by atoms with van der Waals surface area (Å²) in [7, 11) is 0. The third-order valence-corrected chi connectivity index (χ3v) is 2.80. The van der Waals surface area contributed by atoms with Crippen molar-refractivity contribution in [3.8, 4) is 0 Å². The van der Waals surface area contributed by atoms with Gasteiger partial charge in [0.25, 0.3) is 0 Å². The molecule has 0 heterocycles. The first-order valence-electron chi connectivity index (χ1n) is 6.27. The summed E-state index contributed by atoms with van der Waals surface area (Å²) in [6, 6.07) is 0. The number of aldehydes is 1. The highest BCUT2D eigenvalue weighted by Gasteiger charge is 2.29. The molecule has 0 saturated carbocycles. The average molecular weight is 277 g/mol. The second kappa shape index (κ2) is 8.98. The average Bonchev–Trinajstić information content (AvgIpc) is 2.41. The molecule has 7 heteroatoms. The standard InChI is InChI=1S/C12H23NO6/c1-3-8(15)11(18)12(19)9(16)5-13-10(17)4-7(2)6-14/h6-9,11-12,15-16,18-19H,3-5H2,1-2H3,(H,13,17)/t7-,8+,9-,11+,12+/m0/s1. The number of rotatable bonds is 9. The summed E-state index contributed by atoms with van der Waals surface area (Å²) in [6.45, 7) is 2.94. The summed E-state index contributed by atoms with van der Waals surface area (Å²) in [4.78, 5) is 21.7. The van der Waals surface area contributed by atoms with Crippen LogP contribution in [0.2, 0.25) is 0 Å². The van der Waals surface area contributed by atoms with Gasteiger partial charge >= 0.3 is 0 Å². The van der Waals surface area contributed by atoms with E-state index in [1.807, 2.05) is 0 Å². The minimum Gasteiger partial charge on any atom is -0.390 e. The summed E-state index contributed by atoms with van der Waals surface area (Å²) >= 11 is 0. The van der Waals surface area contributed by atoms with E-state index in [1.165, 1.54) is 0 Å². The van der Waals surface area contributed by atoms with E-state index in [0.717, 1.165) is 0 Å². The molecular weight excluding hydrogens is 254 g/mol. The normalized spacial score (nSPS) is 19.1. The molecule has 0 aromatic rings. The topological polar surface area (TPSA) is 127 Å². The van der Waals surface area contributed by atoms with Crippen LogP contribution in [0.3, 0.4) is 0 Å². The fourth-order valence-electron chi connectivity index (χ4n) is 1.45. The molecule has 112 valence electrons. The number of carbonyl (C=O) groups excluding carboxylic acids is 2. The molecule has 0 aromatic carbocycles. The first-order valence-corrected chi connectivity index (χ1v) is 6.27. The Labute approximate surface area is 112 Å². The smallest absolute Gasteiger partial charge is 0.220 e. The van der Waals surface area contributed by atoms with Crippen LogP contribution < -0.4 is 5.32 Å². The second-order valence-electron chi connectivity index (χ2n) is 4.65. The minimum atomic E-state index is -1.56. The maximum Gasteiger partial charge on any atom is 0.220 e. The van der Waals surface area contributed by atoms with E-state index in [2.05, 4.69) is 5.32 Å². The van der Waals surface area contributed by atoms with E-state index in [1.54, 1.807) is 13.8 Å². The maximum absolute atomic E-state index is 11.3. The molecule has 5 N–H and O–H groups in total. The van der Waals surface area contributed by atoms with Gasteiger partial charge in [-0.25, -0.2) is 0 Å². The van der Waals surface area contributed by atoms with Crippen molar-refractivity contribution in [2.24, 2.45) is 5.92 Å². The molecule has 0 unspecified atom stereocenters. The molecule has 19 heavy (non-hydrogen) atoms. The number of aliphatic hydroxyl groups is 4. The molecule has 0 bridgehead atoms. The molecule has 7 nitrogen and oxygen atoms in total. The Morgan fingerprint density at radius 2 is 1.68 bits per heavy atom. The Hall–Kier alpha value is -1.02. The highest BCUT2D eigenvalue weighted by atomic mass is 16.4. The molecule has 0 fully saturated rings. The quantitative estimate of drug-likeness (QED) is 0.316. The fourth-order valence-corrected chi connectivity index (χ4v) is 1.45. The van der Waals surface area contributed by atoms with Gasteiger partial charge in [-0.3, -0.25) is 4.79 Å². The number of hydrogen-bond donors (Lipinski definition) is 5. The van der Waals surface area contributed by atoms with Gasteiger partial charge in [0, 0.05) is 18.9 Å². The zero-order chi connectivity index (χ0) is 15.0. The lowest BCUT2D eigenvalue weighted by atomic mass is 10.0. The molecule has 0 aliphatic rings. The van der Waals surface area contributed by atoms with E-state index in [0.29, 0.717) is 6.29 Å². The molecule has 0 spiro atoms. The molecule has 0 aliphatic carbocycles. The SMILES string of the molecule is CC[C@@H](O)[C@@H](O)[C@H](O)[C@@H](O)CNC(=O)C[C@H](C)C=O. The van der Waals surface area contributed by atoms with Crippen LogP contribution in [0.4, 0.5) is 0 Å². The van der Waals surface area contributed by atoms with E-state index in [-0.39, 0.29) is 19.4 Å². The number of amides is 1. The van der Waals surface area contributed by atoms with Crippen molar-refractivity contribution in [1.29, 1.82) is 0 Å². The van der Waals surface area contributed by atoms with Crippen molar-refractivity contribution in [2.75, 3.05) is 6.54 Å². The van der Waals surface area contributed by atoms with Crippen LogP contribution >= 0.6 is 0 Å². The lowest BCUT2D eigenvalue weighted by Gasteiger charge is -2.26. The maximum atomic E-state index is 11.3. The van der Waals surface area contributed by atoms with Gasteiger partial charge in [-0.2, -0.15) is 0 Å². The van der Waals surface area contributed by atoms with Gasteiger partial charge in [-0.15, -0.1) is 0 Å². The van der Waals surface area contributed by atoms with Gasteiger partial charge in [0.05, 0.1) is 12.2 Å². The molecule has 0 saturated heterocycles. The Morgan fingerprint density at radius 1 is 1.16 bits per heavy atom. The summed E-state index contributed by atoms with van der Waals surface area (Å²) in [6.07, 6.45) is -4.71. The largest absolute Gasteiger partial charge is 0.390 e. The zero-order valence-corrected chi connectivity index (χ0v) is 11.2. The van der Waals surface area contributed by atoms with Crippen molar-refractivity contribution < 1.29 is 30.0 Å². The Morgan fingerprint density at radius 3 is 2.16 bits per heavy atom. The molecular formula is C12H23NO6. The number of aliphatic hydroxyl groups excluding tert-OH is 4. The monoisotopic (exact) mass is 277 g/mol. The van der Waals surface area contributed by atoms with E-state index < -0.39 is 36.2 Å². The molecule has 1 amide bonds. The van der Waals surface area contributed by atoms with Crippen molar-refractivity contribution in [2.45, 2.75) is 51.1 Å². The van der Waals surface area contributed by atoms with Crippen molar-refractivity contribution in [1.82, 2.24) is 5.32 Å². The molecule has 5 atom stereocenters. The number of nitrogens with one attached hydrogen (secondary N) is 1. The summed E-state index contributed by atoms with van der Waals surface area (Å²) in [5, 5.41) is 40.3. The highest BCUT2D eigenvalue weighted by molar-refractivity contribution is 5.78. The molecule has 0 aliphatic heterocycles. The van der Waals surface area contributed by atoms with Crippen LogP contribution in [0.15, 0.2) is 0 Å². The van der Waals surface area contributed by atoms with Gasteiger partial charge < -0.3 is 30.5 Å². The summed E-state index contributed by atoms with van der Waals surface area (Å²) in [5.41, 5.74) is 0. The zero-order valence-electron chi connectivity index (χ0n) is 11.2. The van der Waals surface area contributed by atoms with Gasteiger partial charge in [0.15, 0.2) is 0 Å². The second-order valence-corrected chi connectivity index (χ2v) is 4.65. The third-order valence-electron chi connectivity index (χ3n) is 2.80. The van der Waals surface area contributed by atoms with Crippen molar-refractivity contribution in [3.63, 3.8) is 0 Å². The van der Waals surface area contributed by atoms with E-state index in [4.69, 9.17) is 0 Å². The first kappa shape index (κ1) is 18.0. The van der Waals surface area contributed by atoms with Crippen LogP contribution in [0.25, 0.3) is 0 Å². The Kier molecular flexibility index (Phi) is 8.49. The number of carbonyl (C=O) groups is 2. The molecule has 0 radical (unpaired) electrons. The van der Waals surface area contributed by atoms with E-state index in [9.17, 15) is 30.0 Å². The van der Waals surface area contributed by atoms with Crippen molar-refractivity contribution >= 4 is 12.2 Å². The predicted molar refractivity (Wildman–Crippen MR) is 67.2 cm³/mol. The Bertz CT molecular complexity index is 285. The summed E-state index contributed by atoms with van der Waals surface area (Å²) in [5.74, 6) is -0.856.